The molecule has 8 nitrogen and oxygen atoms in total. The van der Waals surface area contributed by atoms with Crippen molar-refractivity contribution in [1.82, 2.24) is 4.90 Å². The number of benzene rings is 2. The van der Waals surface area contributed by atoms with Crippen LogP contribution in [0.3, 0.4) is 0 Å². The number of rotatable bonds is 14. The van der Waals surface area contributed by atoms with E-state index in [1.165, 1.54) is 0 Å². The molecule has 3 aliphatic heterocycles. The highest BCUT2D eigenvalue weighted by molar-refractivity contribution is 6.30. The van der Waals surface area contributed by atoms with Gasteiger partial charge in [0.25, 0.3) is 5.91 Å². The van der Waals surface area contributed by atoms with Gasteiger partial charge in [-0.05, 0) is 62.1 Å². The van der Waals surface area contributed by atoms with Gasteiger partial charge in [0.2, 0.25) is 11.8 Å². The third kappa shape index (κ3) is 5.76. The summed E-state index contributed by atoms with van der Waals surface area (Å²) >= 11 is 6.14. The Balaban J connectivity index is 1.52. The van der Waals surface area contributed by atoms with Gasteiger partial charge in [-0.2, -0.15) is 0 Å². The zero-order chi connectivity index (χ0) is 30.6. The summed E-state index contributed by atoms with van der Waals surface area (Å²) in [5.41, 5.74) is 0.265. The number of hydrogen-bond donors (Lipinski definition) is 1. The number of aliphatic hydroxyl groups excluding tert-OH is 1. The van der Waals surface area contributed by atoms with Crippen molar-refractivity contribution in [3.05, 3.63) is 84.9 Å². The molecule has 2 bridgehead atoms. The Labute approximate surface area is 258 Å². The van der Waals surface area contributed by atoms with Crippen LogP contribution < -0.4 is 9.80 Å². The molecular weight excluding hydrogens is 566 g/mol. The lowest BCUT2D eigenvalue weighted by Crippen LogP contribution is -2.56. The van der Waals surface area contributed by atoms with Gasteiger partial charge in [-0.15, -0.1) is 13.2 Å². The number of fused-ring (bicyclic) bond motifs is 1. The van der Waals surface area contributed by atoms with Crippen molar-refractivity contribution in [2.75, 3.05) is 36.0 Å². The summed E-state index contributed by atoms with van der Waals surface area (Å²) in [6.45, 7) is 8.74. The lowest BCUT2D eigenvalue weighted by Gasteiger charge is -2.37. The highest BCUT2D eigenvalue weighted by Crippen LogP contribution is 2.59. The van der Waals surface area contributed by atoms with Crippen molar-refractivity contribution >= 4 is 40.7 Å². The molecule has 0 aromatic heterocycles. The second-order valence-electron chi connectivity index (χ2n) is 11.5. The first-order valence-electron chi connectivity index (χ1n) is 15.1. The Bertz CT molecular complexity index is 1340. The molecule has 3 heterocycles. The molecule has 0 saturated carbocycles. The number of carbonyl (C=O) groups is 3. The quantitative estimate of drug-likeness (QED) is 0.242. The fourth-order valence-electron chi connectivity index (χ4n) is 7.16. The largest absolute Gasteiger partial charge is 0.396 e. The normalized spacial score (nSPS) is 25.4. The van der Waals surface area contributed by atoms with Crippen LogP contribution in [0, 0.1) is 11.8 Å². The molecule has 3 amide bonds. The first-order valence-corrected chi connectivity index (χ1v) is 15.5. The van der Waals surface area contributed by atoms with Gasteiger partial charge >= 0.3 is 0 Å². The zero-order valence-corrected chi connectivity index (χ0v) is 25.2. The number of nitrogens with zero attached hydrogens (tertiary/aromatic N) is 3. The summed E-state index contributed by atoms with van der Waals surface area (Å²) in [5, 5.41) is 9.76. The molecule has 0 radical (unpaired) electrons. The molecule has 0 aliphatic carbocycles. The predicted octanol–water partition coefficient (Wildman–Crippen LogP) is 5.01. The van der Waals surface area contributed by atoms with E-state index in [2.05, 4.69) is 13.2 Å². The van der Waals surface area contributed by atoms with E-state index >= 15 is 0 Å². The summed E-state index contributed by atoms with van der Waals surface area (Å²) in [7, 11) is 0. The molecule has 2 aromatic rings. The molecule has 3 fully saturated rings. The van der Waals surface area contributed by atoms with Gasteiger partial charge in [0.05, 0.1) is 17.9 Å². The summed E-state index contributed by atoms with van der Waals surface area (Å²) in [6.07, 6.45) is 6.98. The summed E-state index contributed by atoms with van der Waals surface area (Å²) < 4.78 is 6.68. The molecule has 3 saturated heterocycles. The molecule has 5 atom stereocenters. The Morgan fingerprint density at radius 3 is 2.23 bits per heavy atom. The number of likely N-dealkylation sites (tertiary alicyclic amines) is 1. The summed E-state index contributed by atoms with van der Waals surface area (Å²) in [5.74, 6) is -2.13. The molecule has 43 heavy (non-hydrogen) atoms. The molecule has 1 N–H and O–H groups in total. The number of aliphatic hydroxyl groups is 1. The summed E-state index contributed by atoms with van der Waals surface area (Å²) in [4.78, 5) is 48.3. The Kier molecular flexibility index (Phi) is 9.69. The third-order valence-electron chi connectivity index (χ3n) is 8.99. The van der Waals surface area contributed by atoms with Crippen molar-refractivity contribution in [1.29, 1.82) is 0 Å². The van der Waals surface area contributed by atoms with Crippen LogP contribution in [-0.2, 0) is 19.1 Å². The molecular formula is C34H40ClN3O5. The SMILES string of the molecule is C=CCN(C(=O)C1N(CCCCCCO)C(=O)[C@@H]2[C@H](C(=O)N(CC=C)c3ccccc3)[C@@H]3CCC12O3)c1ccc(Cl)cc1. The standard InChI is InChI=1S/C34H40ClN3O5/c1-3-20-36(25-12-8-7-9-13-25)31(40)28-27-18-19-34(43-27)29(28)32(41)38(22-10-5-6-11-23-39)30(34)33(42)37(21-4-2)26-16-14-24(35)15-17-26/h3-4,7-9,12-17,27-30,39H,1-2,5-6,10-11,18-23H2/t27-,28+,29-,30?,34?/m0/s1. The lowest BCUT2D eigenvalue weighted by molar-refractivity contribution is -0.140. The van der Waals surface area contributed by atoms with E-state index in [1.54, 1.807) is 51.1 Å². The van der Waals surface area contributed by atoms with Crippen LogP contribution in [0.4, 0.5) is 11.4 Å². The van der Waals surface area contributed by atoms with Crippen LogP contribution in [-0.4, -0.2) is 71.7 Å². The number of carbonyl (C=O) groups excluding carboxylic acids is 3. The second-order valence-corrected chi connectivity index (χ2v) is 11.9. The van der Waals surface area contributed by atoms with E-state index in [1.807, 2.05) is 30.3 Å². The van der Waals surface area contributed by atoms with E-state index in [-0.39, 0.29) is 30.9 Å². The Hall–Kier alpha value is -3.46. The lowest BCUT2D eigenvalue weighted by atomic mass is 9.70. The van der Waals surface area contributed by atoms with Crippen molar-refractivity contribution in [3.63, 3.8) is 0 Å². The first-order chi connectivity index (χ1) is 20.9. The van der Waals surface area contributed by atoms with E-state index in [0.717, 1.165) is 18.5 Å². The monoisotopic (exact) mass is 605 g/mol. The van der Waals surface area contributed by atoms with E-state index in [4.69, 9.17) is 16.3 Å². The number of ether oxygens (including phenoxy) is 1. The first kappa shape index (κ1) is 31.0. The minimum Gasteiger partial charge on any atom is -0.396 e. The van der Waals surface area contributed by atoms with Crippen LogP contribution in [0.15, 0.2) is 79.9 Å². The Morgan fingerprint density at radius 2 is 1.58 bits per heavy atom. The van der Waals surface area contributed by atoms with Crippen molar-refractivity contribution < 1.29 is 24.2 Å². The maximum Gasteiger partial charge on any atom is 0.253 e. The maximum absolute atomic E-state index is 14.6. The summed E-state index contributed by atoms with van der Waals surface area (Å²) in [6, 6.07) is 15.5. The van der Waals surface area contributed by atoms with Gasteiger partial charge in [0.1, 0.15) is 11.6 Å². The van der Waals surface area contributed by atoms with Gasteiger partial charge in [0, 0.05) is 42.6 Å². The van der Waals surface area contributed by atoms with Crippen LogP contribution in [0.2, 0.25) is 5.02 Å². The number of unbranched alkanes of at least 4 members (excludes halogenated alkanes) is 3. The highest BCUT2D eigenvalue weighted by atomic mass is 35.5. The van der Waals surface area contributed by atoms with Gasteiger partial charge in [0.15, 0.2) is 0 Å². The smallest absolute Gasteiger partial charge is 0.253 e. The zero-order valence-electron chi connectivity index (χ0n) is 24.4. The average molecular weight is 606 g/mol. The van der Waals surface area contributed by atoms with Crippen molar-refractivity contribution in [2.45, 2.75) is 56.3 Å². The van der Waals surface area contributed by atoms with Crippen molar-refractivity contribution in [2.24, 2.45) is 11.8 Å². The molecule has 2 unspecified atom stereocenters. The minimum absolute atomic E-state index is 0.119. The molecule has 9 heteroatoms. The maximum atomic E-state index is 14.6. The molecule has 1 spiro atoms. The molecule has 5 rings (SSSR count). The number of anilines is 2. The van der Waals surface area contributed by atoms with Gasteiger partial charge in [-0.1, -0.05) is 54.8 Å². The highest BCUT2D eigenvalue weighted by Gasteiger charge is 2.74. The van der Waals surface area contributed by atoms with E-state index < -0.39 is 29.6 Å². The molecule has 228 valence electrons. The average Bonchev–Trinajstić information content (AvgIpc) is 3.66. The third-order valence-corrected chi connectivity index (χ3v) is 9.24. The number of para-hydroxylation sites is 1. The number of hydrogen-bond acceptors (Lipinski definition) is 5. The van der Waals surface area contributed by atoms with Crippen LogP contribution in [0.25, 0.3) is 0 Å². The van der Waals surface area contributed by atoms with Crippen LogP contribution >= 0.6 is 11.6 Å². The van der Waals surface area contributed by atoms with Gasteiger partial charge < -0.3 is 24.5 Å². The topological polar surface area (TPSA) is 90.4 Å². The fourth-order valence-corrected chi connectivity index (χ4v) is 7.29. The minimum atomic E-state index is -1.10. The Morgan fingerprint density at radius 1 is 0.953 bits per heavy atom. The number of amides is 3. The predicted molar refractivity (Wildman–Crippen MR) is 168 cm³/mol. The van der Waals surface area contributed by atoms with Gasteiger partial charge in [-0.25, -0.2) is 0 Å². The molecule has 3 aliphatic rings. The molecule has 2 aromatic carbocycles. The second kappa shape index (κ2) is 13.5. The van der Waals surface area contributed by atoms with Crippen LogP contribution in [0.5, 0.6) is 0 Å². The number of halogens is 1. The van der Waals surface area contributed by atoms with E-state index in [9.17, 15) is 19.5 Å². The van der Waals surface area contributed by atoms with Crippen LogP contribution in [0.1, 0.15) is 38.5 Å². The van der Waals surface area contributed by atoms with Gasteiger partial charge in [-0.3, -0.25) is 14.4 Å². The van der Waals surface area contributed by atoms with E-state index in [0.29, 0.717) is 49.5 Å². The fraction of sp³-hybridized carbons (Fsp3) is 0.441. The van der Waals surface area contributed by atoms with Crippen molar-refractivity contribution in [3.8, 4) is 0 Å².